The van der Waals surface area contributed by atoms with Gasteiger partial charge in [-0.05, 0) is 37.2 Å². The molecule has 1 N–H and O–H groups in total. The molecule has 0 heterocycles. The predicted octanol–water partition coefficient (Wildman–Crippen LogP) is 4.51. The maximum Gasteiger partial charge on any atom is 0.272 e. The molecule has 0 saturated heterocycles. The zero-order valence-corrected chi connectivity index (χ0v) is 13.7. The Kier molecular flexibility index (Phi) is 5.33. The SMILES string of the molecule is CNC(Cc1ccccc1[N+](=O)[O-])c1cc(Br)ccc1Cl. The average molecular weight is 370 g/mol. The van der Waals surface area contributed by atoms with Crippen LogP contribution in [0, 0.1) is 10.1 Å². The van der Waals surface area contributed by atoms with E-state index in [9.17, 15) is 10.1 Å². The summed E-state index contributed by atoms with van der Waals surface area (Å²) < 4.78 is 0.921. The fourth-order valence-electron chi connectivity index (χ4n) is 2.23. The molecule has 0 aliphatic heterocycles. The highest BCUT2D eigenvalue weighted by Crippen LogP contribution is 2.30. The lowest BCUT2D eigenvalue weighted by atomic mass is 9.98. The number of para-hydroxylation sites is 1. The predicted molar refractivity (Wildman–Crippen MR) is 87.8 cm³/mol. The van der Waals surface area contributed by atoms with Gasteiger partial charge in [-0.2, -0.15) is 0 Å². The van der Waals surface area contributed by atoms with Crippen molar-refractivity contribution in [3.8, 4) is 0 Å². The van der Waals surface area contributed by atoms with Gasteiger partial charge in [0.05, 0.1) is 4.92 Å². The summed E-state index contributed by atoms with van der Waals surface area (Å²) in [5.74, 6) is 0. The number of halogens is 2. The van der Waals surface area contributed by atoms with Gasteiger partial charge in [-0.1, -0.05) is 45.7 Å². The summed E-state index contributed by atoms with van der Waals surface area (Å²) in [6.45, 7) is 0. The van der Waals surface area contributed by atoms with E-state index in [1.807, 2.05) is 25.2 Å². The van der Waals surface area contributed by atoms with Crippen molar-refractivity contribution in [2.24, 2.45) is 0 Å². The van der Waals surface area contributed by atoms with Gasteiger partial charge in [-0.25, -0.2) is 0 Å². The minimum Gasteiger partial charge on any atom is -0.313 e. The summed E-state index contributed by atoms with van der Waals surface area (Å²) in [7, 11) is 1.82. The Balaban J connectivity index is 2.36. The van der Waals surface area contributed by atoms with E-state index in [1.165, 1.54) is 6.07 Å². The molecule has 0 spiro atoms. The van der Waals surface area contributed by atoms with Gasteiger partial charge in [-0.3, -0.25) is 10.1 Å². The molecule has 0 radical (unpaired) electrons. The van der Waals surface area contributed by atoms with Crippen molar-refractivity contribution in [1.82, 2.24) is 5.32 Å². The van der Waals surface area contributed by atoms with Crippen molar-refractivity contribution in [3.63, 3.8) is 0 Å². The fourth-order valence-corrected chi connectivity index (χ4v) is 2.86. The molecule has 2 aromatic carbocycles. The Hall–Kier alpha value is -1.43. The molecular weight excluding hydrogens is 356 g/mol. The van der Waals surface area contributed by atoms with Crippen LogP contribution in [-0.2, 0) is 6.42 Å². The lowest BCUT2D eigenvalue weighted by Crippen LogP contribution is -2.19. The molecule has 0 aliphatic carbocycles. The Morgan fingerprint density at radius 3 is 2.71 bits per heavy atom. The molecule has 0 saturated carbocycles. The van der Waals surface area contributed by atoms with Gasteiger partial charge in [0, 0.05) is 27.2 Å². The van der Waals surface area contributed by atoms with E-state index < -0.39 is 0 Å². The third-order valence-corrected chi connectivity index (χ3v) is 4.13. The third-order valence-electron chi connectivity index (χ3n) is 3.29. The van der Waals surface area contributed by atoms with Crippen molar-refractivity contribution in [1.29, 1.82) is 0 Å². The van der Waals surface area contributed by atoms with E-state index in [0.717, 1.165) is 10.0 Å². The number of nitro benzene ring substituents is 1. The second kappa shape index (κ2) is 7.02. The molecule has 2 rings (SSSR count). The van der Waals surface area contributed by atoms with Crippen LogP contribution in [0.3, 0.4) is 0 Å². The van der Waals surface area contributed by atoms with Crippen LogP contribution in [-0.4, -0.2) is 12.0 Å². The number of benzene rings is 2. The molecule has 0 aliphatic rings. The maximum atomic E-state index is 11.1. The summed E-state index contributed by atoms with van der Waals surface area (Å²) in [6, 6.07) is 12.3. The zero-order chi connectivity index (χ0) is 15.4. The first-order chi connectivity index (χ1) is 10.0. The monoisotopic (exact) mass is 368 g/mol. The molecule has 1 unspecified atom stereocenters. The van der Waals surface area contributed by atoms with E-state index >= 15 is 0 Å². The van der Waals surface area contributed by atoms with Crippen LogP contribution in [0.4, 0.5) is 5.69 Å². The molecule has 21 heavy (non-hydrogen) atoms. The van der Waals surface area contributed by atoms with E-state index in [-0.39, 0.29) is 16.7 Å². The van der Waals surface area contributed by atoms with E-state index in [4.69, 9.17) is 11.6 Å². The van der Waals surface area contributed by atoms with E-state index in [1.54, 1.807) is 18.2 Å². The van der Waals surface area contributed by atoms with Gasteiger partial charge in [0.15, 0.2) is 0 Å². The molecule has 2 aromatic rings. The molecule has 0 aromatic heterocycles. The van der Waals surface area contributed by atoms with Crippen LogP contribution in [0.25, 0.3) is 0 Å². The first kappa shape index (κ1) is 15.9. The topological polar surface area (TPSA) is 55.2 Å². The lowest BCUT2D eigenvalue weighted by Gasteiger charge is -2.18. The second-order valence-electron chi connectivity index (χ2n) is 4.60. The maximum absolute atomic E-state index is 11.1. The van der Waals surface area contributed by atoms with Crippen molar-refractivity contribution < 1.29 is 4.92 Å². The van der Waals surface area contributed by atoms with Crippen LogP contribution in [0.1, 0.15) is 17.2 Å². The molecule has 110 valence electrons. The van der Waals surface area contributed by atoms with Gasteiger partial charge >= 0.3 is 0 Å². The number of hydrogen-bond donors (Lipinski definition) is 1. The van der Waals surface area contributed by atoms with Gasteiger partial charge < -0.3 is 5.32 Å². The summed E-state index contributed by atoms with van der Waals surface area (Å²) in [5, 5.41) is 14.9. The number of likely N-dealkylation sites (N-methyl/N-ethyl adjacent to an activating group) is 1. The highest BCUT2D eigenvalue weighted by Gasteiger charge is 2.19. The minimum atomic E-state index is -0.357. The largest absolute Gasteiger partial charge is 0.313 e. The fraction of sp³-hybridized carbons (Fsp3) is 0.200. The molecule has 0 amide bonds. The first-order valence-corrected chi connectivity index (χ1v) is 7.54. The smallest absolute Gasteiger partial charge is 0.272 e. The second-order valence-corrected chi connectivity index (χ2v) is 5.92. The van der Waals surface area contributed by atoms with Gasteiger partial charge in [0.25, 0.3) is 5.69 Å². The van der Waals surface area contributed by atoms with Gasteiger partial charge in [-0.15, -0.1) is 0 Å². The Morgan fingerprint density at radius 1 is 1.33 bits per heavy atom. The average Bonchev–Trinajstić information content (AvgIpc) is 2.47. The lowest BCUT2D eigenvalue weighted by molar-refractivity contribution is -0.385. The molecule has 0 bridgehead atoms. The highest BCUT2D eigenvalue weighted by molar-refractivity contribution is 9.10. The van der Waals surface area contributed by atoms with E-state index in [2.05, 4.69) is 21.2 Å². The quantitative estimate of drug-likeness (QED) is 0.623. The van der Waals surface area contributed by atoms with Crippen molar-refractivity contribution in [3.05, 3.63) is 73.2 Å². The van der Waals surface area contributed by atoms with Crippen LogP contribution in [0.5, 0.6) is 0 Å². The Labute approximate surface area is 136 Å². The molecule has 4 nitrogen and oxygen atoms in total. The third kappa shape index (κ3) is 3.81. The Bertz CT molecular complexity index is 664. The summed E-state index contributed by atoms with van der Waals surface area (Å²) >= 11 is 9.67. The molecule has 1 atom stereocenters. The summed E-state index contributed by atoms with van der Waals surface area (Å²) in [4.78, 5) is 10.7. The summed E-state index contributed by atoms with van der Waals surface area (Å²) in [6.07, 6.45) is 0.490. The van der Waals surface area contributed by atoms with Gasteiger partial charge in [0.2, 0.25) is 0 Å². The Morgan fingerprint density at radius 2 is 2.05 bits per heavy atom. The van der Waals surface area contributed by atoms with E-state index in [0.29, 0.717) is 17.0 Å². The van der Waals surface area contributed by atoms with Gasteiger partial charge in [0.1, 0.15) is 0 Å². The zero-order valence-electron chi connectivity index (χ0n) is 11.3. The summed E-state index contributed by atoms with van der Waals surface area (Å²) in [5.41, 5.74) is 1.72. The number of nitrogens with one attached hydrogen (secondary N) is 1. The van der Waals surface area contributed by atoms with Crippen LogP contribution >= 0.6 is 27.5 Å². The van der Waals surface area contributed by atoms with Crippen molar-refractivity contribution in [2.75, 3.05) is 7.05 Å². The van der Waals surface area contributed by atoms with Crippen LogP contribution in [0.2, 0.25) is 5.02 Å². The van der Waals surface area contributed by atoms with Crippen molar-refractivity contribution in [2.45, 2.75) is 12.5 Å². The first-order valence-electron chi connectivity index (χ1n) is 6.37. The number of rotatable bonds is 5. The number of nitro groups is 1. The number of hydrogen-bond acceptors (Lipinski definition) is 3. The molecule has 6 heteroatoms. The molecule has 0 fully saturated rings. The highest BCUT2D eigenvalue weighted by atomic mass is 79.9. The minimum absolute atomic E-state index is 0.101. The normalized spacial score (nSPS) is 12.1. The van der Waals surface area contributed by atoms with Crippen molar-refractivity contribution >= 4 is 33.2 Å². The number of nitrogens with zero attached hydrogens (tertiary/aromatic N) is 1. The standard InChI is InChI=1S/C15H14BrClN2O2/c1-18-14(12-9-11(16)6-7-13(12)17)8-10-4-2-3-5-15(10)19(20)21/h2-7,9,14,18H,8H2,1H3. The molecular formula is C15H14BrClN2O2. The van der Waals surface area contributed by atoms with Crippen LogP contribution < -0.4 is 5.32 Å². The van der Waals surface area contributed by atoms with Crippen LogP contribution in [0.15, 0.2) is 46.9 Å².